The lowest BCUT2D eigenvalue weighted by atomic mass is 10.2. The summed E-state index contributed by atoms with van der Waals surface area (Å²) in [5.74, 6) is -0.0645. The Morgan fingerprint density at radius 1 is 1.32 bits per heavy atom. The fourth-order valence-electron chi connectivity index (χ4n) is 3.02. The van der Waals surface area contributed by atoms with Crippen LogP contribution in [0, 0.1) is 0 Å². The number of amides is 2. The molecule has 1 atom stereocenters. The zero-order valence-electron chi connectivity index (χ0n) is 15.0. The summed E-state index contributed by atoms with van der Waals surface area (Å²) in [6.07, 6.45) is 5.12. The number of aromatic nitrogens is 6. The second-order valence-electron chi connectivity index (χ2n) is 6.32. The van der Waals surface area contributed by atoms with Gasteiger partial charge in [0.25, 0.3) is 11.8 Å². The third-order valence-corrected chi connectivity index (χ3v) is 4.83. The number of carbonyl (C=O) groups is 2. The molecular formula is C17H17ClN8O2. The van der Waals surface area contributed by atoms with Crippen LogP contribution in [0.3, 0.4) is 0 Å². The maximum absolute atomic E-state index is 12.7. The largest absolute Gasteiger partial charge is 0.337 e. The summed E-state index contributed by atoms with van der Waals surface area (Å²) < 4.78 is 3.20. The van der Waals surface area contributed by atoms with Gasteiger partial charge in [0.05, 0.1) is 23.5 Å². The highest BCUT2D eigenvalue weighted by Crippen LogP contribution is 2.19. The number of rotatable bonds is 4. The average molecular weight is 401 g/mol. The number of nitrogens with one attached hydrogen (secondary N) is 1. The molecular weight excluding hydrogens is 384 g/mol. The predicted octanol–water partition coefficient (Wildman–Crippen LogP) is 0.736. The Morgan fingerprint density at radius 2 is 2.18 bits per heavy atom. The molecule has 1 aliphatic heterocycles. The molecule has 0 aromatic carbocycles. The highest BCUT2D eigenvalue weighted by atomic mass is 35.5. The van der Waals surface area contributed by atoms with Crippen LogP contribution in [0.15, 0.2) is 36.9 Å². The van der Waals surface area contributed by atoms with Crippen molar-refractivity contribution < 1.29 is 9.59 Å². The zero-order valence-corrected chi connectivity index (χ0v) is 15.7. The van der Waals surface area contributed by atoms with Crippen molar-refractivity contribution in [2.45, 2.75) is 25.6 Å². The molecule has 11 heteroatoms. The van der Waals surface area contributed by atoms with Crippen LogP contribution in [0.25, 0.3) is 0 Å². The molecule has 0 aliphatic carbocycles. The standard InChI is InChI=1S/C17H17ClN8O2/c1-24-14-4-7-21-26(14)8-5-12(17(24)28)22-16(27)15-20-10-25(23-15)9-13-11(18)3-2-6-19-13/h2-4,6-7,10,12H,5,8-9H2,1H3,(H,22,27)/t12-/m0/s1. The molecule has 0 unspecified atom stereocenters. The Balaban J connectivity index is 1.44. The van der Waals surface area contributed by atoms with Crippen molar-refractivity contribution in [3.8, 4) is 0 Å². The van der Waals surface area contributed by atoms with Gasteiger partial charge in [0, 0.05) is 25.9 Å². The summed E-state index contributed by atoms with van der Waals surface area (Å²) in [5, 5.41) is 11.6. The number of anilines is 1. The second-order valence-corrected chi connectivity index (χ2v) is 6.73. The van der Waals surface area contributed by atoms with E-state index in [4.69, 9.17) is 11.6 Å². The Hall–Kier alpha value is -3.27. The highest BCUT2D eigenvalue weighted by Gasteiger charge is 2.30. The van der Waals surface area contributed by atoms with Crippen molar-refractivity contribution in [2.75, 3.05) is 11.9 Å². The number of fused-ring (bicyclic) bond motifs is 1. The van der Waals surface area contributed by atoms with Crippen molar-refractivity contribution in [1.29, 1.82) is 0 Å². The van der Waals surface area contributed by atoms with Crippen LogP contribution in [0.5, 0.6) is 0 Å². The summed E-state index contributed by atoms with van der Waals surface area (Å²) in [5.41, 5.74) is 0.621. The van der Waals surface area contributed by atoms with Crippen LogP contribution in [0.1, 0.15) is 22.7 Å². The van der Waals surface area contributed by atoms with Crippen molar-refractivity contribution in [1.82, 2.24) is 34.8 Å². The Labute approximate surface area is 165 Å². The van der Waals surface area contributed by atoms with E-state index in [9.17, 15) is 9.59 Å². The number of aryl methyl sites for hydroxylation is 1. The average Bonchev–Trinajstić information content (AvgIpc) is 3.33. The van der Waals surface area contributed by atoms with Crippen molar-refractivity contribution in [3.05, 3.63) is 53.5 Å². The zero-order chi connectivity index (χ0) is 19.7. The van der Waals surface area contributed by atoms with E-state index in [-0.39, 0.29) is 18.3 Å². The highest BCUT2D eigenvalue weighted by molar-refractivity contribution is 6.31. The summed E-state index contributed by atoms with van der Waals surface area (Å²) in [4.78, 5) is 34.9. The molecule has 2 amide bonds. The molecule has 1 N–H and O–H groups in total. The second kappa shape index (κ2) is 7.39. The summed E-state index contributed by atoms with van der Waals surface area (Å²) in [7, 11) is 1.66. The molecule has 4 heterocycles. The number of pyridine rings is 1. The van der Waals surface area contributed by atoms with E-state index in [1.54, 1.807) is 42.3 Å². The summed E-state index contributed by atoms with van der Waals surface area (Å²) in [6.45, 7) is 0.801. The lowest BCUT2D eigenvalue weighted by molar-refractivity contribution is -0.120. The Morgan fingerprint density at radius 3 is 3.00 bits per heavy atom. The van der Waals surface area contributed by atoms with Gasteiger partial charge in [-0.05, 0) is 18.6 Å². The van der Waals surface area contributed by atoms with E-state index < -0.39 is 11.9 Å². The van der Waals surface area contributed by atoms with E-state index in [0.717, 1.165) is 0 Å². The van der Waals surface area contributed by atoms with Crippen molar-refractivity contribution in [3.63, 3.8) is 0 Å². The maximum Gasteiger partial charge on any atom is 0.291 e. The minimum atomic E-state index is -0.684. The minimum Gasteiger partial charge on any atom is -0.337 e. The van der Waals surface area contributed by atoms with Crippen molar-refractivity contribution >= 4 is 29.2 Å². The molecule has 0 spiro atoms. The molecule has 4 rings (SSSR count). The van der Waals surface area contributed by atoms with Crippen LogP contribution < -0.4 is 10.2 Å². The fraction of sp³-hybridized carbons (Fsp3) is 0.294. The number of likely N-dealkylation sites (N-methyl/N-ethyl adjacent to an activating group) is 1. The fourth-order valence-corrected chi connectivity index (χ4v) is 3.21. The van der Waals surface area contributed by atoms with Crippen LogP contribution in [0.2, 0.25) is 5.02 Å². The van der Waals surface area contributed by atoms with Crippen molar-refractivity contribution in [2.24, 2.45) is 0 Å². The number of carbonyl (C=O) groups excluding carboxylic acids is 2. The van der Waals surface area contributed by atoms with Gasteiger partial charge < -0.3 is 5.32 Å². The van der Waals surface area contributed by atoms with E-state index in [1.165, 1.54) is 15.9 Å². The van der Waals surface area contributed by atoms with Gasteiger partial charge in [-0.25, -0.2) is 14.3 Å². The van der Waals surface area contributed by atoms with E-state index in [1.807, 2.05) is 0 Å². The quantitative estimate of drug-likeness (QED) is 0.691. The molecule has 0 fully saturated rings. The van der Waals surface area contributed by atoms with Gasteiger partial charge in [0.2, 0.25) is 5.82 Å². The first kappa shape index (κ1) is 18.1. The third-order valence-electron chi connectivity index (χ3n) is 4.49. The van der Waals surface area contributed by atoms with Crippen LogP contribution in [-0.4, -0.2) is 54.4 Å². The first-order valence-corrected chi connectivity index (χ1v) is 9.00. The molecule has 0 radical (unpaired) electrons. The van der Waals surface area contributed by atoms with Crippen LogP contribution >= 0.6 is 11.6 Å². The van der Waals surface area contributed by atoms with Gasteiger partial charge in [-0.3, -0.25) is 19.5 Å². The lowest BCUT2D eigenvalue weighted by Crippen LogP contribution is -2.47. The van der Waals surface area contributed by atoms with Gasteiger partial charge >= 0.3 is 0 Å². The topological polar surface area (TPSA) is 111 Å². The molecule has 1 aliphatic rings. The van der Waals surface area contributed by atoms with E-state index >= 15 is 0 Å². The first-order chi connectivity index (χ1) is 13.5. The van der Waals surface area contributed by atoms with E-state index in [2.05, 4.69) is 25.5 Å². The molecule has 10 nitrogen and oxygen atoms in total. The first-order valence-electron chi connectivity index (χ1n) is 8.62. The minimum absolute atomic E-state index is 0.0236. The van der Waals surface area contributed by atoms with Gasteiger partial charge in [-0.2, -0.15) is 5.10 Å². The third kappa shape index (κ3) is 3.46. The van der Waals surface area contributed by atoms with Crippen LogP contribution in [-0.2, 0) is 17.9 Å². The summed E-state index contributed by atoms with van der Waals surface area (Å²) in [6, 6.07) is 4.54. The Kier molecular flexibility index (Phi) is 4.78. The van der Waals surface area contributed by atoms with Crippen LogP contribution in [0.4, 0.5) is 5.82 Å². The number of nitrogens with zero attached hydrogens (tertiary/aromatic N) is 7. The molecule has 0 saturated heterocycles. The Bertz CT molecular complexity index is 1030. The van der Waals surface area contributed by atoms with E-state index in [0.29, 0.717) is 29.5 Å². The van der Waals surface area contributed by atoms with Gasteiger partial charge in [-0.15, -0.1) is 5.10 Å². The number of halogens is 1. The lowest BCUT2D eigenvalue weighted by Gasteiger charge is -2.19. The normalized spacial score (nSPS) is 16.6. The molecule has 3 aromatic rings. The molecule has 0 saturated carbocycles. The van der Waals surface area contributed by atoms with Gasteiger partial charge in [0.1, 0.15) is 18.2 Å². The molecule has 0 bridgehead atoms. The molecule has 28 heavy (non-hydrogen) atoms. The van der Waals surface area contributed by atoms with Gasteiger partial charge in [0.15, 0.2) is 0 Å². The smallest absolute Gasteiger partial charge is 0.291 e. The number of hydrogen-bond donors (Lipinski definition) is 1. The molecule has 3 aromatic heterocycles. The predicted molar refractivity (Wildman–Crippen MR) is 99.9 cm³/mol. The SMILES string of the molecule is CN1C(=O)[C@@H](NC(=O)c2ncn(Cc3ncccc3Cl)n2)CCn2nccc21. The molecule has 144 valence electrons. The summed E-state index contributed by atoms with van der Waals surface area (Å²) >= 11 is 6.09. The monoisotopic (exact) mass is 400 g/mol. The maximum atomic E-state index is 12.7. The number of hydrogen-bond acceptors (Lipinski definition) is 6. The van der Waals surface area contributed by atoms with Gasteiger partial charge in [-0.1, -0.05) is 11.6 Å².